The topological polar surface area (TPSA) is 56.4 Å². The molecule has 2 heterocycles. The predicted octanol–water partition coefficient (Wildman–Crippen LogP) is 3.23. The van der Waals surface area contributed by atoms with Crippen LogP contribution in [0.2, 0.25) is 0 Å². The van der Waals surface area contributed by atoms with Gasteiger partial charge in [-0.2, -0.15) is 0 Å². The molecule has 0 aromatic heterocycles. The summed E-state index contributed by atoms with van der Waals surface area (Å²) in [6.45, 7) is 8.11. The Morgan fingerprint density at radius 3 is 2.62 bits per heavy atom. The van der Waals surface area contributed by atoms with Gasteiger partial charge in [-0.1, -0.05) is 38.7 Å². The zero-order chi connectivity index (χ0) is 20.1. The second-order valence-electron chi connectivity index (χ2n) is 10.2. The van der Waals surface area contributed by atoms with Gasteiger partial charge >= 0.3 is 0 Å². The van der Waals surface area contributed by atoms with Crippen molar-refractivity contribution in [3.63, 3.8) is 0 Å². The molecule has 0 spiro atoms. The number of carbonyl (C=O) groups excluding carboxylic acids is 1. The van der Waals surface area contributed by atoms with E-state index in [2.05, 4.69) is 27.6 Å². The molecule has 4 fully saturated rings. The number of piperidine rings is 1. The molecule has 164 valence electrons. The van der Waals surface area contributed by atoms with Crippen LogP contribution in [0.3, 0.4) is 0 Å². The Hall–Kier alpha value is -0.910. The Labute approximate surface area is 177 Å². The minimum absolute atomic E-state index is 0.0350. The highest BCUT2D eigenvalue weighted by Gasteiger charge is 2.37. The summed E-state index contributed by atoms with van der Waals surface area (Å²) in [6.07, 6.45) is 16.5. The molecule has 5 nitrogen and oxygen atoms in total. The highest BCUT2D eigenvalue weighted by atomic mass is 16.1. The van der Waals surface area contributed by atoms with Gasteiger partial charge < -0.3 is 10.6 Å². The molecular weight excluding hydrogens is 360 g/mol. The van der Waals surface area contributed by atoms with Crippen LogP contribution in [0.5, 0.6) is 0 Å². The van der Waals surface area contributed by atoms with Crippen LogP contribution >= 0.6 is 0 Å². The lowest BCUT2D eigenvalue weighted by molar-refractivity contribution is -0.117. The van der Waals surface area contributed by atoms with Crippen molar-refractivity contribution in [2.75, 3.05) is 26.2 Å². The highest BCUT2D eigenvalue weighted by Crippen LogP contribution is 2.39. The van der Waals surface area contributed by atoms with Crippen LogP contribution in [-0.2, 0) is 4.79 Å². The molecule has 3 N–H and O–H groups in total. The maximum absolute atomic E-state index is 11.7. The van der Waals surface area contributed by atoms with Gasteiger partial charge in [0, 0.05) is 31.7 Å². The largest absolute Gasteiger partial charge is 0.349 e. The van der Waals surface area contributed by atoms with Crippen molar-refractivity contribution in [3.05, 3.63) is 12.7 Å². The van der Waals surface area contributed by atoms with Crippen molar-refractivity contribution >= 4 is 5.91 Å². The molecule has 5 heteroatoms. The Kier molecular flexibility index (Phi) is 7.65. The van der Waals surface area contributed by atoms with E-state index >= 15 is 0 Å². The fraction of sp³-hybridized carbons (Fsp3) is 0.875. The number of nitrogens with zero attached hydrogens (tertiary/aromatic N) is 1. The van der Waals surface area contributed by atoms with Gasteiger partial charge in [0.1, 0.15) is 0 Å². The quantitative estimate of drug-likeness (QED) is 0.597. The van der Waals surface area contributed by atoms with E-state index in [1.54, 1.807) is 0 Å². The standard InChI is InChI=1S/C24H42N4O/c1-2-24(29)26-22-14-21(15-25-16-22)19-9-6-10-20(13-19)23-11-12-28(27-23)17-18-7-4-3-5-8-18/h2,18-23,25,27H,1,3-17H2,(H,26,29). The van der Waals surface area contributed by atoms with E-state index in [0.717, 1.165) is 37.3 Å². The van der Waals surface area contributed by atoms with Crippen molar-refractivity contribution in [2.45, 2.75) is 82.7 Å². The maximum atomic E-state index is 11.7. The molecule has 4 aliphatic rings. The summed E-state index contributed by atoms with van der Waals surface area (Å²) in [5.41, 5.74) is 3.92. The maximum Gasteiger partial charge on any atom is 0.243 e. The van der Waals surface area contributed by atoms with Crippen LogP contribution in [0.15, 0.2) is 12.7 Å². The third-order valence-corrected chi connectivity index (χ3v) is 8.17. The first kappa shape index (κ1) is 21.3. The van der Waals surface area contributed by atoms with Gasteiger partial charge in [-0.05, 0) is 74.8 Å². The number of nitrogens with one attached hydrogen (secondary N) is 3. The molecule has 2 saturated heterocycles. The zero-order valence-electron chi connectivity index (χ0n) is 18.2. The number of amides is 1. The highest BCUT2D eigenvalue weighted by molar-refractivity contribution is 5.87. The van der Waals surface area contributed by atoms with E-state index in [1.807, 2.05) is 0 Å². The Morgan fingerprint density at radius 1 is 0.966 bits per heavy atom. The average Bonchev–Trinajstić information content (AvgIpc) is 3.23. The van der Waals surface area contributed by atoms with E-state index < -0.39 is 0 Å². The lowest BCUT2D eigenvalue weighted by atomic mass is 9.70. The lowest BCUT2D eigenvalue weighted by Gasteiger charge is -2.41. The van der Waals surface area contributed by atoms with Gasteiger partial charge in [-0.15, -0.1) is 0 Å². The number of carbonyl (C=O) groups is 1. The molecule has 0 bridgehead atoms. The van der Waals surface area contributed by atoms with Crippen molar-refractivity contribution in [3.8, 4) is 0 Å². The molecule has 2 aliphatic carbocycles. The third-order valence-electron chi connectivity index (χ3n) is 8.17. The summed E-state index contributed by atoms with van der Waals surface area (Å²) < 4.78 is 0. The van der Waals surface area contributed by atoms with E-state index in [1.165, 1.54) is 83.4 Å². The molecular formula is C24H42N4O. The molecule has 0 aromatic carbocycles. The van der Waals surface area contributed by atoms with Crippen LogP contribution in [0.4, 0.5) is 0 Å². The van der Waals surface area contributed by atoms with Gasteiger partial charge in [0.2, 0.25) is 5.91 Å². The Bertz CT molecular complexity index is 547. The van der Waals surface area contributed by atoms with Gasteiger partial charge in [-0.3, -0.25) is 10.2 Å². The molecule has 2 saturated carbocycles. The summed E-state index contributed by atoms with van der Waals surface area (Å²) in [7, 11) is 0. The molecule has 5 atom stereocenters. The van der Waals surface area contributed by atoms with E-state index in [0.29, 0.717) is 12.0 Å². The number of rotatable bonds is 6. The summed E-state index contributed by atoms with van der Waals surface area (Å²) >= 11 is 0. The van der Waals surface area contributed by atoms with Crippen molar-refractivity contribution < 1.29 is 4.79 Å². The monoisotopic (exact) mass is 402 g/mol. The van der Waals surface area contributed by atoms with Gasteiger partial charge in [-0.25, -0.2) is 5.01 Å². The first-order valence-electron chi connectivity index (χ1n) is 12.4. The van der Waals surface area contributed by atoms with Crippen LogP contribution in [0, 0.1) is 23.7 Å². The molecule has 29 heavy (non-hydrogen) atoms. The summed E-state index contributed by atoms with van der Waals surface area (Å²) in [4.78, 5) is 11.7. The molecule has 1 amide bonds. The predicted molar refractivity (Wildman–Crippen MR) is 118 cm³/mol. The molecule has 0 radical (unpaired) electrons. The third kappa shape index (κ3) is 5.83. The normalized spacial score (nSPS) is 37.3. The molecule has 4 rings (SSSR count). The number of hydrogen-bond acceptors (Lipinski definition) is 4. The first-order chi connectivity index (χ1) is 14.2. The van der Waals surface area contributed by atoms with Crippen LogP contribution in [-0.4, -0.2) is 49.2 Å². The average molecular weight is 403 g/mol. The number of hydrazine groups is 1. The Morgan fingerprint density at radius 2 is 1.79 bits per heavy atom. The summed E-state index contributed by atoms with van der Waals surface area (Å²) in [5, 5.41) is 9.25. The van der Waals surface area contributed by atoms with Gasteiger partial charge in [0.05, 0.1) is 0 Å². The van der Waals surface area contributed by atoms with Gasteiger partial charge in [0.25, 0.3) is 0 Å². The second kappa shape index (κ2) is 10.4. The molecule has 5 unspecified atom stereocenters. The van der Waals surface area contributed by atoms with Crippen LogP contribution < -0.4 is 16.1 Å². The van der Waals surface area contributed by atoms with Crippen LogP contribution in [0.1, 0.15) is 70.6 Å². The van der Waals surface area contributed by atoms with E-state index in [4.69, 9.17) is 0 Å². The Balaban J connectivity index is 1.25. The van der Waals surface area contributed by atoms with Crippen molar-refractivity contribution in [1.82, 2.24) is 21.1 Å². The lowest BCUT2D eigenvalue weighted by Crippen LogP contribution is -2.51. The van der Waals surface area contributed by atoms with E-state index in [-0.39, 0.29) is 11.9 Å². The molecule has 2 aliphatic heterocycles. The fourth-order valence-electron chi connectivity index (χ4n) is 6.59. The van der Waals surface area contributed by atoms with E-state index in [9.17, 15) is 4.79 Å². The van der Waals surface area contributed by atoms with Crippen molar-refractivity contribution in [2.24, 2.45) is 23.7 Å². The summed E-state index contributed by atoms with van der Waals surface area (Å²) in [6, 6.07) is 0.949. The van der Waals surface area contributed by atoms with Crippen molar-refractivity contribution in [1.29, 1.82) is 0 Å². The zero-order valence-corrected chi connectivity index (χ0v) is 18.2. The smallest absolute Gasteiger partial charge is 0.243 e. The summed E-state index contributed by atoms with van der Waals surface area (Å²) in [5.74, 6) is 3.21. The molecule has 0 aromatic rings. The minimum atomic E-state index is -0.0350. The SMILES string of the molecule is C=CC(=O)NC1CNCC(C2CCCC(C3CCN(CC4CCCCC4)N3)C2)C1. The second-order valence-corrected chi connectivity index (χ2v) is 10.2. The fourth-order valence-corrected chi connectivity index (χ4v) is 6.59. The minimum Gasteiger partial charge on any atom is -0.349 e. The first-order valence-corrected chi connectivity index (χ1v) is 12.4. The van der Waals surface area contributed by atoms with Crippen LogP contribution in [0.25, 0.3) is 0 Å². The number of hydrogen-bond donors (Lipinski definition) is 3. The van der Waals surface area contributed by atoms with Gasteiger partial charge in [0.15, 0.2) is 0 Å².